The topological polar surface area (TPSA) is 51.2 Å². The summed E-state index contributed by atoms with van der Waals surface area (Å²) in [5.74, 6) is -0.890. The summed E-state index contributed by atoms with van der Waals surface area (Å²) in [5, 5.41) is 3.19. The fraction of sp³-hybridized carbons (Fsp3) is 0.111. The molecule has 122 valence electrons. The highest BCUT2D eigenvalue weighted by molar-refractivity contribution is 7.19. The number of rotatable bonds is 4. The normalized spacial score (nSPS) is 10.5. The number of nitrogens with zero attached hydrogens (tertiary/aromatic N) is 1. The van der Waals surface area contributed by atoms with E-state index in [1.807, 2.05) is 37.3 Å². The number of aromatic nitrogens is 1. The number of aryl methyl sites for hydroxylation is 1. The summed E-state index contributed by atoms with van der Waals surface area (Å²) in [4.78, 5) is 17.6. The Labute approximate surface area is 142 Å². The molecule has 2 aromatic carbocycles. The number of nitrogens with one attached hydrogen (secondary N) is 1. The Balaban J connectivity index is 1.81. The molecule has 0 spiro atoms. The first kappa shape index (κ1) is 16.1. The van der Waals surface area contributed by atoms with E-state index in [9.17, 15) is 9.18 Å². The summed E-state index contributed by atoms with van der Waals surface area (Å²) < 4.78 is 18.6. The van der Waals surface area contributed by atoms with Crippen LogP contribution in [0.2, 0.25) is 0 Å². The number of halogens is 1. The molecule has 3 aromatic rings. The first-order valence-corrected chi connectivity index (χ1v) is 8.08. The van der Waals surface area contributed by atoms with Crippen molar-refractivity contribution < 1.29 is 13.9 Å². The molecule has 6 heteroatoms. The second kappa shape index (κ2) is 6.80. The van der Waals surface area contributed by atoms with Crippen molar-refractivity contribution in [3.63, 3.8) is 0 Å². The lowest BCUT2D eigenvalue weighted by molar-refractivity contribution is 0.102. The van der Waals surface area contributed by atoms with E-state index < -0.39 is 11.7 Å². The standard InChI is InChI=1S/C18H15FN2O2S/c1-11-16(12-6-4-3-5-7-12)24-18(20-11)21-17(22)13-8-9-15(23-2)14(19)10-13/h3-10H,1-2H3,(H,20,21,22). The predicted molar refractivity (Wildman–Crippen MR) is 93.2 cm³/mol. The number of amides is 1. The number of anilines is 1. The Hall–Kier alpha value is -2.73. The van der Waals surface area contributed by atoms with Crippen LogP contribution in [-0.4, -0.2) is 18.0 Å². The lowest BCUT2D eigenvalue weighted by atomic mass is 10.2. The zero-order valence-corrected chi connectivity index (χ0v) is 14.0. The third-order valence-electron chi connectivity index (χ3n) is 3.47. The fourth-order valence-electron chi connectivity index (χ4n) is 2.28. The van der Waals surface area contributed by atoms with Gasteiger partial charge in [0.15, 0.2) is 16.7 Å². The van der Waals surface area contributed by atoms with Crippen LogP contribution < -0.4 is 10.1 Å². The van der Waals surface area contributed by atoms with E-state index >= 15 is 0 Å². The van der Waals surface area contributed by atoms with Crippen molar-refractivity contribution in [3.8, 4) is 16.2 Å². The van der Waals surface area contributed by atoms with Crippen molar-refractivity contribution in [1.82, 2.24) is 4.98 Å². The molecule has 0 saturated carbocycles. The van der Waals surface area contributed by atoms with E-state index in [4.69, 9.17) is 4.74 Å². The van der Waals surface area contributed by atoms with Crippen LogP contribution >= 0.6 is 11.3 Å². The van der Waals surface area contributed by atoms with E-state index in [2.05, 4.69) is 10.3 Å². The molecule has 0 aliphatic carbocycles. The predicted octanol–water partition coefficient (Wildman–Crippen LogP) is 4.52. The molecule has 0 aliphatic rings. The van der Waals surface area contributed by atoms with Crippen LogP contribution in [0, 0.1) is 12.7 Å². The van der Waals surface area contributed by atoms with Crippen LogP contribution in [0.4, 0.5) is 9.52 Å². The highest BCUT2D eigenvalue weighted by atomic mass is 32.1. The first-order valence-electron chi connectivity index (χ1n) is 7.26. The largest absolute Gasteiger partial charge is 0.494 e. The van der Waals surface area contributed by atoms with Crippen LogP contribution in [0.1, 0.15) is 16.1 Å². The molecule has 1 amide bonds. The summed E-state index contributed by atoms with van der Waals surface area (Å²) in [6, 6.07) is 13.9. The Morgan fingerprint density at radius 2 is 1.96 bits per heavy atom. The summed E-state index contributed by atoms with van der Waals surface area (Å²) in [7, 11) is 1.38. The molecule has 0 fully saturated rings. The zero-order chi connectivity index (χ0) is 17.1. The first-order chi connectivity index (χ1) is 11.6. The third-order valence-corrected chi connectivity index (χ3v) is 4.59. The minimum atomic E-state index is -0.578. The number of benzene rings is 2. The minimum Gasteiger partial charge on any atom is -0.494 e. The van der Waals surface area contributed by atoms with Crippen molar-refractivity contribution in [2.24, 2.45) is 0 Å². The van der Waals surface area contributed by atoms with Gasteiger partial charge in [0.2, 0.25) is 0 Å². The van der Waals surface area contributed by atoms with Crippen molar-refractivity contribution in [3.05, 3.63) is 65.6 Å². The summed E-state index contributed by atoms with van der Waals surface area (Å²) >= 11 is 1.39. The average Bonchev–Trinajstić information content (AvgIpc) is 2.95. The summed E-state index contributed by atoms with van der Waals surface area (Å²) in [6.07, 6.45) is 0. The lowest BCUT2D eigenvalue weighted by Gasteiger charge is -2.05. The molecular formula is C18H15FN2O2S. The second-order valence-corrected chi connectivity index (χ2v) is 6.10. The van der Waals surface area contributed by atoms with Gasteiger partial charge < -0.3 is 4.74 Å². The van der Waals surface area contributed by atoms with Crippen LogP contribution in [0.5, 0.6) is 5.75 Å². The molecule has 0 bridgehead atoms. The molecule has 1 aromatic heterocycles. The van der Waals surface area contributed by atoms with Crippen molar-refractivity contribution in [2.75, 3.05) is 12.4 Å². The average molecular weight is 342 g/mol. The van der Waals surface area contributed by atoms with Gasteiger partial charge in [0.05, 0.1) is 17.7 Å². The maximum atomic E-state index is 13.7. The smallest absolute Gasteiger partial charge is 0.257 e. The fourth-order valence-corrected chi connectivity index (χ4v) is 3.25. The van der Waals surface area contributed by atoms with Crippen LogP contribution in [0.3, 0.4) is 0 Å². The Morgan fingerprint density at radius 3 is 2.62 bits per heavy atom. The Kier molecular flexibility index (Phi) is 4.57. The molecular weight excluding hydrogens is 327 g/mol. The van der Waals surface area contributed by atoms with Gasteiger partial charge in [-0.2, -0.15) is 0 Å². The molecule has 0 aliphatic heterocycles. The maximum absolute atomic E-state index is 13.7. The Bertz CT molecular complexity index is 878. The van der Waals surface area contributed by atoms with E-state index in [1.165, 1.54) is 30.6 Å². The van der Waals surface area contributed by atoms with E-state index in [0.29, 0.717) is 5.13 Å². The number of hydrogen-bond acceptors (Lipinski definition) is 4. The quantitative estimate of drug-likeness (QED) is 0.758. The molecule has 0 saturated heterocycles. The number of hydrogen-bond donors (Lipinski definition) is 1. The molecule has 0 unspecified atom stereocenters. The van der Waals surface area contributed by atoms with Gasteiger partial charge in [-0.1, -0.05) is 41.7 Å². The molecule has 3 rings (SSSR count). The SMILES string of the molecule is COc1ccc(C(=O)Nc2nc(C)c(-c3ccccc3)s2)cc1F. The molecule has 0 radical (unpaired) electrons. The van der Waals surface area contributed by atoms with Crippen molar-refractivity contribution in [2.45, 2.75) is 6.92 Å². The molecule has 1 N–H and O–H groups in total. The van der Waals surface area contributed by atoms with Crippen molar-refractivity contribution in [1.29, 1.82) is 0 Å². The highest BCUT2D eigenvalue weighted by Gasteiger charge is 2.14. The lowest BCUT2D eigenvalue weighted by Crippen LogP contribution is -2.12. The van der Waals surface area contributed by atoms with E-state index in [0.717, 1.165) is 22.2 Å². The van der Waals surface area contributed by atoms with Gasteiger partial charge in [-0.05, 0) is 30.7 Å². The van der Waals surface area contributed by atoms with Gasteiger partial charge in [-0.3, -0.25) is 10.1 Å². The van der Waals surface area contributed by atoms with Crippen LogP contribution in [0.25, 0.3) is 10.4 Å². The minimum absolute atomic E-state index is 0.100. The maximum Gasteiger partial charge on any atom is 0.257 e. The number of thiazole rings is 1. The number of methoxy groups -OCH3 is 1. The Morgan fingerprint density at radius 1 is 1.21 bits per heavy atom. The summed E-state index contributed by atoms with van der Waals surface area (Å²) in [6.45, 7) is 1.89. The number of ether oxygens (including phenoxy) is 1. The van der Waals surface area contributed by atoms with E-state index in [1.54, 1.807) is 0 Å². The van der Waals surface area contributed by atoms with Gasteiger partial charge >= 0.3 is 0 Å². The number of carbonyl (C=O) groups is 1. The monoisotopic (exact) mass is 342 g/mol. The van der Waals surface area contributed by atoms with Gasteiger partial charge in [0, 0.05) is 5.56 Å². The highest BCUT2D eigenvalue weighted by Crippen LogP contribution is 2.32. The van der Waals surface area contributed by atoms with Crippen LogP contribution in [0.15, 0.2) is 48.5 Å². The van der Waals surface area contributed by atoms with Crippen molar-refractivity contribution >= 4 is 22.4 Å². The third kappa shape index (κ3) is 3.28. The van der Waals surface area contributed by atoms with Gasteiger partial charge in [-0.25, -0.2) is 9.37 Å². The van der Waals surface area contributed by atoms with Crippen LogP contribution in [-0.2, 0) is 0 Å². The number of carbonyl (C=O) groups excluding carboxylic acids is 1. The molecule has 0 atom stereocenters. The van der Waals surface area contributed by atoms with Gasteiger partial charge in [-0.15, -0.1) is 0 Å². The molecule has 4 nitrogen and oxygen atoms in total. The van der Waals surface area contributed by atoms with Gasteiger partial charge in [0.1, 0.15) is 0 Å². The molecule has 1 heterocycles. The van der Waals surface area contributed by atoms with Gasteiger partial charge in [0.25, 0.3) is 5.91 Å². The second-order valence-electron chi connectivity index (χ2n) is 5.10. The molecule has 24 heavy (non-hydrogen) atoms. The van der Waals surface area contributed by atoms with E-state index in [-0.39, 0.29) is 11.3 Å². The summed E-state index contributed by atoms with van der Waals surface area (Å²) in [5.41, 5.74) is 2.09. The zero-order valence-electron chi connectivity index (χ0n) is 13.2.